The van der Waals surface area contributed by atoms with E-state index >= 15 is 0 Å². The molecule has 2 aromatic carbocycles. The molecule has 1 aliphatic heterocycles. The Morgan fingerprint density at radius 2 is 1.81 bits per heavy atom. The number of amides is 1. The van der Waals surface area contributed by atoms with Crippen molar-refractivity contribution in [1.82, 2.24) is 9.21 Å². The van der Waals surface area contributed by atoms with Crippen molar-refractivity contribution < 1.29 is 46.0 Å². The standard InChI is InChI=1S/C32H33Cl2F2N3O7S2/c1-38(2)29(40)21-4-3-5-23(12-21)48(42,43)39-10-11-47-30(39)31(41)45-18-22(13-24-25(33)15-37-16-26(24)34)20-8-9-27(46-32(35)36)28(14-20)44-17-19-6-7-19/h3-5,8-9,12,14-16,19,22,30,32H,6-7,10-11,13,17-18H2,1-2H3/p+1/t22-,30+/m1/s1. The Kier molecular flexibility index (Phi) is 11.7. The number of halogens is 4. The molecule has 2 heterocycles. The zero-order chi connectivity index (χ0) is 34.6. The highest BCUT2D eigenvalue weighted by molar-refractivity contribution is 8.02. The second-order valence-electron chi connectivity index (χ2n) is 11.6. The smallest absolute Gasteiger partial charge is 0.387 e. The molecule has 0 radical (unpaired) electrons. The van der Waals surface area contributed by atoms with Gasteiger partial charge in [-0.3, -0.25) is 4.79 Å². The number of rotatable bonds is 14. The molecule has 2 aliphatic rings. The predicted molar refractivity (Wildman–Crippen MR) is 176 cm³/mol. The molecular weight excluding hydrogens is 711 g/mol. The van der Waals surface area contributed by atoms with Crippen molar-refractivity contribution in [1.29, 1.82) is 0 Å². The van der Waals surface area contributed by atoms with Gasteiger partial charge >= 0.3 is 12.6 Å². The van der Waals surface area contributed by atoms with Gasteiger partial charge in [0.2, 0.25) is 10.0 Å². The van der Waals surface area contributed by atoms with E-state index in [0.717, 1.165) is 28.9 Å². The van der Waals surface area contributed by atoms with Crippen LogP contribution in [0.1, 0.15) is 40.2 Å². The summed E-state index contributed by atoms with van der Waals surface area (Å²) in [6.45, 7) is -2.89. The van der Waals surface area contributed by atoms with Gasteiger partial charge < -0.3 is 19.1 Å². The molecular formula is C32H34Cl2F2N3O7S2+. The van der Waals surface area contributed by atoms with Crippen LogP contribution in [0.5, 0.6) is 11.5 Å². The number of aromatic nitrogens is 1. The summed E-state index contributed by atoms with van der Waals surface area (Å²) in [5, 5.41) is -0.512. The summed E-state index contributed by atoms with van der Waals surface area (Å²) in [5.74, 6) is -1.08. The summed E-state index contributed by atoms with van der Waals surface area (Å²) in [4.78, 5) is 30.1. The number of aromatic amines is 1. The van der Waals surface area contributed by atoms with E-state index in [0.29, 0.717) is 39.4 Å². The Hall–Kier alpha value is -3.17. The summed E-state index contributed by atoms with van der Waals surface area (Å²) in [5.41, 5.74) is 1.32. The SMILES string of the molecule is CN(C)C(=O)c1cccc(S(=O)(=O)N2CCS[C@H]2C(=O)OC[C@@H](Cc2c(Cl)c[nH+]cc2Cl)c2ccc(OC(F)F)c(OCC3CC3)c2)c1. The Balaban J connectivity index is 1.39. The number of carbonyl (C=O) groups is 2. The second kappa shape index (κ2) is 15.6. The predicted octanol–water partition coefficient (Wildman–Crippen LogP) is 5.53. The van der Waals surface area contributed by atoms with Gasteiger partial charge in [0.15, 0.2) is 29.3 Å². The van der Waals surface area contributed by atoms with Crippen molar-refractivity contribution in [2.75, 3.05) is 39.6 Å². The highest BCUT2D eigenvalue weighted by Crippen LogP contribution is 2.38. The molecule has 1 saturated heterocycles. The van der Waals surface area contributed by atoms with E-state index in [9.17, 15) is 26.8 Å². The molecule has 0 unspecified atom stereocenters. The van der Waals surface area contributed by atoms with Gasteiger partial charge in [-0.15, -0.1) is 11.8 Å². The van der Waals surface area contributed by atoms with Crippen LogP contribution in [0.3, 0.4) is 0 Å². The molecule has 0 spiro atoms. The third-order valence-corrected chi connectivity index (χ3v) is 11.7. The topological polar surface area (TPSA) is 117 Å². The number of hydrogen-bond acceptors (Lipinski definition) is 8. The van der Waals surface area contributed by atoms with Crippen molar-refractivity contribution in [3.63, 3.8) is 0 Å². The Morgan fingerprint density at radius 3 is 2.48 bits per heavy atom. The van der Waals surface area contributed by atoms with Crippen LogP contribution >= 0.6 is 35.0 Å². The van der Waals surface area contributed by atoms with Crippen LogP contribution in [0.2, 0.25) is 10.0 Å². The summed E-state index contributed by atoms with van der Waals surface area (Å²) < 4.78 is 71.2. The second-order valence-corrected chi connectivity index (χ2v) is 15.5. The number of carbonyl (C=O) groups excluding carboxylic acids is 2. The maximum atomic E-state index is 13.7. The number of ether oxygens (including phenoxy) is 3. The van der Waals surface area contributed by atoms with E-state index in [1.165, 1.54) is 35.2 Å². The first-order valence-corrected chi connectivity index (χ1v) is 18.3. The molecule has 1 saturated carbocycles. The molecule has 0 bridgehead atoms. The quantitative estimate of drug-likeness (QED) is 0.198. The molecule has 16 heteroatoms. The lowest BCUT2D eigenvalue weighted by atomic mass is 9.92. The highest BCUT2D eigenvalue weighted by atomic mass is 35.5. The Labute approximate surface area is 291 Å². The Bertz CT molecular complexity index is 1740. The normalized spacial score (nSPS) is 17.3. The lowest BCUT2D eigenvalue weighted by molar-refractivity contribution is -0.377. The molecule has 3 aromatic rings. The van der Waals surface area contributed by atoms with Gasteiger partial charge in [0, 0.05) is 43.4 Å². The summed E-state index contributed by atoms with van der Waals surface area (Å²) in [7, 11) is -1.06. The minimum atomic E-state index is -4.18. The van der Waals surface area contributed by atoms with E-state index in [4.69, 9.17) is 37.4 Å². The highest BCUT2D eigenvalue weighted by Gasteiger charge is 2.41. The number of pyridine rings is 1. The maximum Gasteiger partial charge on any atom is 0.387 e. The molecule has 1 amide bonds. The van der Waals surface area contributed by atoms with Crippen LogP contribution in [0.4, 0.5) is 8.78 Å². The first-order chi connectivity index (χ1) is 22.8. The maximum absolute atomic E-state index is 13.7. The third-order valence-electron chi connectivity index (χ3n) is 7.85. The number of benzene rings is 2. The van der Waals surface area contributed by atoms with E-state index < -0.39 is 33.9 Å². The van der Waals surface area contributed by atoms with Gasteiger partial charge in [-0.25, -0.2) is 18.2 Å². The van der Waals surface area contributed by atoms with Crippen LogP contribution in [-0.4, -0.2) is 81.1 Å². The molecule has 1 aliphatic carbocycles. The van der Waals surface area contributed by atoms with Gasteiger partial charge in [0.05, 0.1) is 18.1 Å². The van der Waals surface area contributed by atoms with Crippen LogP contribution in [0.25, 0.3) is 0 Å². The number of hydrogen-bond donors (Lipinski definition) is 0. The molecule has 5 rings (SSSR count). The first kappa shape index (κ1) is 36.1. The monoisotopic (exact) mass is 744 g/mol. The fourth-order valence-electron chi connectivity index (χ4n) is 5.09. The number of esters is 1. The molecule has 48 heavy (non-hydrogen) atoms. The third kappa shape index (κ3) is 8.70. The molecule has 1 aromatic heterocycles. The summed E-state index contributed by atoms with van der Waals surface area (Å²) >= 11 is 14.0. The number of thioether (sulfide) groups is 1. The molecule has 258 valence electrons. The fourth-order valence-corrected chi connectivity index (χ4v) is 8.73. The number of nitrogens with one attached hydrogen (secondary N) is 1. The van der Waals surface area contributed by atoms with E-state index in [1.54, 1.807) is 38.6 Å². The van der Waals surface area contributed by atoms with Crippen LogP contribution in [0.15, 0.2) is 59.8 Å². The van der Waals surface area contributed by atoms with E-state index in [-0.39, 0.29) is 47.4 Å². The number of nitrogens with zero attached hydrogens (tertiary/aromatic N) is 2. The van der Waals surface area contributed by atoms with Crippen LogP contribution < -0.4 is 14.5 Å². The van der Waals surface area contributed by atoms with Crippen molar-refractivity contribution >= 4 is 56.9 Å². The zero-order valence-corrected chi connectivity index (χ0v) is 29.2. The minimum Gasteiger partial charge on any atom is -0.489 e. The number of alkyl halides is 2. The molecule has 10 nitrogen and oxygen atoms in total. The lowest BCUT2D eigenvalue weighted by Gasteiger charge is -2.24. The van der Waals surface area contributed by atoms with Crippen molar-refractivity contribution in [2.24, 2.45) is 5.92 Å². The van der Waals surface area contributed by atoms with Crippen molar-refractivity contribution in [3.05, 3.63) is 81.6 Å². The average molecular weight is 746 g/mol. The minimum absolute atomic E-state index is 0.0566. The van der Waals surface area contributed by atoms with Crippen LogP contribution in [-0.2, 0) is 26.0 Å². The summed E-state index contributed by atoms with van der Waals surface area (Å²) in [6, 6.07) is 10.2. The molecule has 2 atom stereocenters. The van der Waals surface area contributed by atoms with Gasteiger partial charge in [-0.05, 0) is 61.1 Å². The Morgan fingerprint density at radius 1 is 1.08 bits per heavy atom. The van der Waals surface area contributed by atoms with E-state index in [1.807, 2.05) is 0 Å². The van der Waals surface area contributed by atoms with Crippen LogP contribution in [0, 0.1) is 5.92 Å². The van der Waals surface area contributed by atoms with Gasteiger partial charge in [0.1, 0.15) is 10.0 Å². The number of sulfonamides is 1. The fraction of sp³-hybridized carbons (Fsp3) is 0.406. The summed E-state index contributed by atoms with van der Waals surface area (Å²) in [6.07, 6.45) is 5.25. The van der Waals surface area contributed by atoms with Gasteiger partial charge in [-0.2, -0.15) is 13.1 Å². The first-order valence-electron chi connectivity index (χ1n) is 15.0. The van der Waals surface area contributed by atoms with Gasteiger partial charge in [-0.1, -0.05) is 35.3 Å². The van der Waals surface area contributed by atoms with E-state index in [2.05, 4.69) is 4.98 Å². The number of H-pyrrole nitrogens is 1. The zero-order valence-electron chi connectivity index (χ0n) is 26.0. The van der Waals surface area contributed by atoms with Crippen molar-refractivity contribution in [3.8, 4) is 11.5 Å². The average Bonchev–Trinajstić information content (AvgIpc) is 3.74. The van der Waals surface area contributed by atoms with Crippen molar-refractivity contribution in [2.45, 2.75) is 42.1 Å². The largest absolute Gasteiger partial charge is 0.489 e. The van der Waals surface area contributed by atoms with Gasteiger partial charge in [0.25, 0.3) is 5.91 Å². The molecule has 1 N–H and O–H groups in total. The molecule has 2 fully saturated rings. The lowest BCUT2D eigenvalue weighted by Crippen LogP contribution is -2.40.